The van der Waals surface area contributed by atoms with Crippen LogP contribution in [0.15, 0.2) is 109 Å². The van der Waals surface area contributed by atoms with Gasteiger partial charge in [-0.3, -0.25) is 0 Å². The number of fused-ring (bicyclic) bond motifs is 1. The average molecular weight is 544 g/mol. The van der Waals surface area contributed by atoms with Crippen molar-refractivity contribution >= 4 is 36.7 Å². The summed E-state index contributed by atoms with van der Waals surface area (Å²) in [5, 5.41) is 1.10. The third-order valence-corrected chi connectivity index (χ3v) is 17.8. The van der Waals surface area contributed by atoms with Crippen LogP contribution >= 0.6 is 20.8 Å². The Labute approximate surface area is 219 Å². The van der Waals surface area contributed by atoms with Gasteiger partial charge in [0.05, 0.1) is 0 Å². The van der Waals surface area contributed by atoms with Gasteiger partial charge < -0.3 is 0 Å². The Morgan fingerprint density at radius 1 is 0.571 bits per heavy atom. The van der Waals surface area contributed by atoms with Crippen LogP contribution in [0.4, 0.5) is 0 Å². The van der Waals surface area contributed by atoms with Gasteiger partial charge in [-0.15, -0.1) is 0 Å². The van der Waals surface area contributed by atoms with Gasteiger partial charge >= 0.3 is 220 Å². The van der Waals surface area contributed by atoms with Crippen molar-refractivity contribution < 1.29 is 0 Å². The second-order valence-corrected chi connectivity index (χ2v) is 20.4. The number of benzene rings is 4. The second kappa shape index (κ2) is 8.72. The van der Waals surface area contributed by atoms with Crippen LogP contribution in [0.5, 0.6) is 0 Å². The maximum atomic E-state index is 4.63. The molecule has 0 heterocycles. The molecule has 2 heteroatoms. The molecular weight excluding hydrogens is 507 g/mol. The van der Waals surface area contributed by atoms with Crippen molar-refractivity contribution in [3.63, 3.8) is 0 Å². The molecule has 0 bridgehead atoms. The quantitative estimate of drug-likeness (QED) is 0.222. The second-order valence-electron chi connectivity index (χ2n) is 11.5. The summed E-state index contributed by atoms with van der Waals surface area (Å²) >= 11 is 4.63. The van der Waals surface area contributed by atoms with Gasteiger partial charge in [0.15, 0.2) is 0 Å². The molecule has 0 N–H and O–H groups in total. The van der Waals surface area contributed by atoms with E-state index in [1.165, 1.54) is 45.4 Å². The van der Waals surface area contributed by atoms with Crippen molar-refractivity contribution in [2.75, 3.05) is 0 Å². The molecule has 0 amide bonds. The van der Waals surface area contributed by atoms with Crippen LogP contribution in [0.1, 0.15) is 57.2 Å². The molecule has 1 aliphatic carbocycles. The van der Waals surface area contributed by atoms with Crippen LogP contribution in [-0.4, -0.2) is 0 Å². The Kier molecular flexibility index (Phi) is 6.10. The van der Waals surface area contributed by atoms with Crippen molar-refractivity contribution in [3.05, 3.63) is 126 Å². The Morgan fingerprint density at radius 2 is 0.971 bits per heavy atom. The summed E-state index contributed by atoms with van der Waals surface area (Å²) in [5.41, 5.74) is 4.86. The first kappa shape index (κ1) is 24.5. The molecule has 0 aliphatic heterocycles. The molecule has 0 fully saturated rings. The normalized spacial score (nSPS) is 17.7. The van der Waals surface area contributed by atoms with Crippen molar-refractivity contribution in [2.24, 2.45) is 0 Å². The molecule has 4 aromatic rings. The molecule has 0 saturated carbocycles. The van der Waals surface area contributed by atoms with Gasteiger partial charge in [0.2, 0.25) is 0 Å². The third kappa shape index (κ3) is 4.02. The minimum atomic E-state index is -3.00. The molecule has 0 aromatic heterocycles. The van der Waals surface area contributed by atoms with E-state index >= 15 is 0 Å². The zero-order valence-corrected chi connectivity index (χ0v) is 23.8. The van der Waals surface area contributed by atoms with Crippen LogP contribution < -0.4 is 15.9 Å². The summed E-state index contributed by atoms with van der Waals surface area (Å²) in [6.07, 6.45) is 3.40. The first-order chi connectivity index (χ1) is 16.6. The Balaban J connectivity index is 1.80. The third-order valence-electron chi connectivity index (χ3n) is 8.28. The van der Waals surface area contributed by atoms with Gasteiger partial charge in [-0.25, -0.2) is 0 Å². The number of halogens is 1. The molecular formula is C33H36BrP. The van der Waals surface area contributed by atoms with E-state index in [-0.39, 0.29) is 10.8 Å². The Hall–Kier alpha value is -2.21. The summed E-state index contributed by atoms with van der Waals surface area (Å²) in [6, 6.07) is 40.7. The van der Waals surface area contributed by atoms with Crippen LogP contribution in [0, 0.1) is 0 Å². The SMILES string of the molecule is CC1(C)CCC(C)(C)c2cc(CP(Br)(c3ccccc3)(c3ccccc3)c3ccccc3)ccc21. The van der Waals surface area contributed by atoms with Crippen LogP contribution in [0.2, 0.25) is 0 Å². The number of rotatable bonds is 5. The van der Waals surface area contributed by atoms with E-state index < -0.39 is 5.31 Å². The van der Waals surface area contributed by atoms with E-state index in [1.807, 2.05) is 0 Å². The van der Waals surface area contributed by atoms with Crippen LogP contribution in [0.25, 0.3) is 0 Å². The molecule has 180 valence electrons. The van der Waals surface area contributed by atoms with E-state index in [4.69, 9.17) is 0 Å². The van der Waals surface area contributed by atoms with Gasteiger partial charge in [0.25, 0.3) is 0 Å². The van der Waals surface area contributed by atoms with E-state index in [2.05, 4.69) is 152 Å². The first-order valence-corrected chi connectivity index (χ1v) is 17.1. The molecule has 4 aromatic carbocycles. The van der Waals surface area contributed by atoms with Gasteiger partial charge in [0, 0.05) is 0 Å². The summed E-state index contributed by atoms with van der Waals surface area (Å²) in [4.78, 5) is 0. The molecule has 0 saturated heterocycles. The van der Waals surface area contributed by atoms with E-state index in [0.29, 0.717) is 0 Å². The number of hydrogen-bond acceptors (Lipinski definition) is 0. The van der Waals surface area contributed by atoms with Crippen molar-refractivity contribution in [1.82, 2.24) is 0 Å². The summed E-state index contributed by atoms with van der Waals surface area (Å²) < 4.78 is 0. The fourth-order valence-electron chi connectivity index (χ4n) is 6.01. The van der Waals surface area contributed by atoms with Crippen molar-refractivity contribution in [1.29, 1.82) is 0 Å². The zero-order chi connectivity index (χ0) is 24.8. The van der Waals surface area contributed by atoms with Gasteiger partial charge in [-0.1, -0.05) is 0 Å². The standard InChI is InChI=1S/C33H36BrP/c1-32(2)22-23-33(3,4)31-24-26(20-21-30(31)32)25-35(34,27-14-8-5-9-15-27,28-16-10-6-11-17-28)29-18-12-7-13-19-29/h5-21,24H,22-23,25H2,1-4H3. The predicted octanol–water partition coefficient (Wildman–Crippen LogP) is 8.38. The first-order valence-electron chi connectivity index (χ1n) is 12.7. The fraction of sp³-hybridized carbons (Fsp3) is 0.273. The molecule has 0 nitrogen and oxygen atoms in total. The van der Waals surface area contributed by atoms with Crippen LogP contribution in [-0.2, 0) is 17.0 Å². The Morgan fingerprint density at radius 3 is 1.40 bits per heavy atom. The maximum absolute atomic E-state index is 4.63. The molecule has 0 atom stereocenters. The molecule has 0 unspecified atom stereocenters. The monoisotopic (exact) mass is 542 g/mol. The minimum absolute atomic E-state index is 0.190. The topological polar surface area (TPSA) is 0 Å². The van der Waals surface area contributed by atoms with Gasteiger partial charge in [0.1, 0.15) is 0 Å². The molecule has 5 rings (SSSR count). The van der Waals surface area contributed by atoms with E-state index in [1.54, 1.807) is 0 Å². The van der Waals surface area contributed by atoms with Gasteiger partial charge in [-0.2, -0.15) is 0 Å². The molecule has 1 aliphatic rings. The summed E-state index contributed by atoms with van der Waals surface area (Å²) in [5.74, 6) is 0. The molecule has 0 spiro atoms. The molecule has 35 heavy (non-hydrogen) atoms. The predicted molar refractivity (Wildman–Crippen MR) is 160 cm³/mol. The van der Waals surface area contributed by atoms with E-state index in [9.17, 15) is 0 Å². The van der Waals surface area contributed by atoms with E-state index in [0.717, 1.165) is 6.16 Å². The van der Waals surface area contributed by atoms with Crippen LogP contribution in [0.3, 0.4) is 0 Å². The zero-order valence-electron chi connectivity index (χ0n) is 21.3. The number of hydrogen-bond donors (Lipinski definition) is 0. The average Bonchev–Trinajstić information content (AvgIpc) is 2.88. The summed E-state index contributed by atoms with van der Waals surface area (Å²) in [7, 11) is 0. The van der Waals surface area contributed by atoms with Crippen molar-refractivity contribution in [2.45, 2.75) is 57.5 Å². The molecule has 0 radical (unpaired) electrons. The fourth-order valence-corrected chi connectivity index (χ4v) is 13.7. The Bertz CT molecular complexity index is 1220. The van der Waals surface area contributed by atoms with Gasteiger partial charge in [-0.05, 0) is 0 Å². The summed E-state index contributed by atoms with van der Waals surface area (Å²) in [6.45, 7) is 9.65. The van der Waals surface area contributed by atoms with Crippen molar-refractivity contribution in [3.8, 4) is 0 Å².